The summed E-state index contributed by atoms with van der Waals surface area (Å²) < 4.78 is 5.60. The second-order valence-corrected chi connectivity index (χ2v) is 14.1. The molecule has 2 aromatic rings. The Kier molecular flexibility index (Phi) is 7.42. The SMILES string of the molecule is CC(C)(C)OC(=O)N1CCC2(CC1)CCN(c1ccc3c(c1)C1(CCCCC1)C(=O)N3c1cccc(Cl)c1C#N)CC2. The van der Waals surface area contributed by atoms with Gasteiger partial charge in [-0.15, -0.1) is 0 Å². The van der Waals surface area contributed by atoms with E-state index in [-0.39, 0.29) is 17.4 Å². The number of nitrogens with zero attached hydrogens (tertiary/aromatic N) is 4. The molecular formula is C34H41ClN4O3. The van der Waals surface area contributed by atoms with Gasteiger partial charge in [0.25, 0.3) is 0 Å². The Bertz CT molecular complexity index is 1420. The number of carbonyl (C=O) groups excluding carboxylic acids is 2. The average molecular weight is 589 g/mol. The number of rotatable bonds is 2. The molecule has 3 fully saturated rings. The second kappa shape index (κ2) is 10.8. The summed E-state index contributed by atoms with van der Waals surface area (Å²) in [6, 6.07) is 14.1. The number of carbonyl (C=O) groups is 2. The van der Waals surface area contributed by atoms with Crippen molar-refractivity contribution in [3.05, 3.63) is 52.5 Å². The van der Waals surface area contributed by atoms with Crippen LogP contribution in [0.2, 0.25) is 5.02 Å². The molecule has 1 saturated carbocycles. The molecule has 0 bridgehead atoms. The van der Waals surface area contributed by atoms with Crippen molar-refractivity contribution in [2.75, 3.05) is 36.0 Å². The van der Waals surface area contributed by atoms with E-state index in [0.717, 1.165) is 95.2 Å². The van der Waals surface area contributed by atoms with Gasteiger partial charge in [0, 0.05) is 31.9 Å². The molecule has 42 heavy (non-hydrogen) atoms. The summed E-state index contributed by atoms with van der Waals surface area (Å²) >= 11 is 6.40. The van der Waals surface area contributed by atoms with E-state index in [0.29, 0.717) is 16.3 Å². The number of likely N-dealkylation sites (tertiary alicyclic amines) is 1. The molecule has 2 saturated heterocycles. The molecule has 6 rings (SSSR count). The number of ether oxygens (including phenoxy) is 1. The average Bonchev–Trinajstić information content (AvgIpc) is 3.19. The summed E-state index contributed by atoms with van der Waals surface area (Å²) in [4.78, 5) is 33.0. The van der Waals surface area contributed by atoms with Crippen molar-refractivity contribution >= 4 is 40.7 Å². The van der Waals surface area contributed by atoms with Crippen LogP contribution < -0.4 is 9.80 Å². The van der Waals surface area contributed by atoms with E-state index in [1.165, 1.54) is 5.69 Å². The summed E-state index contributed by atoms with van der Waals surface area (Å²) in [5, 5.41) is 10.3. The fourth-order valence-electron chi connectivity index (χ4n) is 7.65. The summed E-state index contributed by atoms with van der Waals surface area (Å²) in [6.45, 7) is 9.16. The van der Waals surface area contributed by atoms with Gasteiger partial charge in [0.1, 0.15) is 11.7 Å². The lowest BCUT2D eigenvalue weighted by Crippen LogP contribution is -2.49. The molecule has 0 atom stereocenters. The van der Waals surface area contributed by atoms with Gasteiger partial charge in [0.2, 0.25) is 5.91 Å². The summed E-state index contributed by atoms with van der Waals surface area (Å²) in [5.74, 6) is 0.0717. The van der Waals surface area contributed by atoms with Crippen LogP contribution in [-0.4, -0.2) is 48.7 Å². The van der Waals surface area contributed by atoms with Crippen LogP contribution in [0.1, 0.15) is 89.7 Å². The van der Waals surface area contributed by atoms with E-state index in [1.54, 1.807) is 11.0 Å². The maximum atomic E-state index is 14.3. The zero-order chi connectivity index (χ0) is 29.7. The molecule has 2 amide bonds. The van der Waals surface area contributed by atoms with Crippen molar-refractivity contribution in [1.29, 1.82) is 5.26 Å². The molecule has 0 aromatic heterocycles. The van der Waals surface area contributed by atoms with Gasteiger partial charge in [-0.3, -0.25) is 9.69 Å². The highest BCUT2D eigenvalue weighted by Gasteiger charge is 2.52. The Labute approximate surface area is 254 Å². The molecule has 3 aliphatic heterocycles. The lowest BCUT2D eigenvalue weighted by molar-refractivity contribution is -0.123. The normalized spacial score (nSPS) is 21.4. The summed E-state index contributed by atoms with van der Waals surface area (Å²) in [7, 11) is 0. The maximum absolute atomic E-state index is 14.3. The smallest absolute Gasteiger partial charge is 0.410 e. The Morgan fingerprint density at radius 1 is 0.929 bits per heavy atom. The molecule has 0 unspecified atom stereocenters. The minimum atomic E-state index is -0.551. The molecular weight excluding hydrogens is 548 g/mol. The molecule has 1 aliphatic carbocycles. The third-order valence-corrected chi connectivity index (χ3v) is 10.4. The van der Waals surface area contributed by atoms with Crippen molar-refractivity contribution in [1.82, 2.24) is 4.90 Å². The van der Waals surface area contributed by atoms with Crippen molar-refractivity contribution in [2.24, 2.45) is 5.41 Å². The van der Waals surface area contributed by atoms with E-state index in [2.05, 4.69) is 29.2 Å². The third-order valence-electron chi connectivity index (χ3n) is 10.1. The Hall–Kier alpha value is -3.24. The van der Waals surface area contributed by atoms with Crippen LogP contribution in [0.5, 0.6) is 0 Å². The Balaban J connectivity index is 1.22. The number of fused-ring (bicyclic) bond motifs is 2. The van der Waals surface area contributed by atoms with Gasteiger partial charge in [0.15, 0.2) is 0 Å². The lowest BCUT2D eigenvalue weighted by Gasteiger charge is -2.47. The molecule has 0 radical (unpaired) electrons. The zero-order valence-electron chi connectivity index (χ0n) is 25.0. The molecule has 3 heterocycles. The largest absolute Gasteiger partial charge is 0.444 e. The number of amides is 2. The number of benzene rings is 2. The Morgan fingerprint density at radius 3 is 2.24 bits per heavy atom. The van der Waals surface area contributed by atoms with Crippen LogP contribution in [0.3, 0.4) is 0 Å². The number of anilines is 3. The predicted molar refractivity (Wildman–Crippen MR) is 165 cm³/mol. The fourth-order valence-corrected chi connectivity index (χ4v) is 7.87. The molecule has 2 aromatic carbocycles. The van der Waals surface area contributed by atoms with Crippen LogP contribution in [0.25, 0.3) is 0 Å². The number of piperidine rings is 2. The van der Waals surface area contributed by atoms with Gasteiger partial charge in [0.05, 0.1) is 27.4 Å². The van der Waals surface area contributed by atoms with Crippen LogP contribution in [0.15, 0.2) is 36.4 Å². The van der Waals surface area contributed by atoms with E-state index in [1.807, 2.05) is 37.8 Å². The fraction of sp³-hybridized carbons (Fsp3) is 0.559. The van der Waals surface area contributed by atoms with Gasteiger partial charge in [-0.25, -0.2) is 4.79 Å². The lowest BCUT2D eigenvalue weighted by atomic mass is 9.70. The van der Waals surface area contributed by atoms with E-state index < -0.39 is 11.0 Å². The monoisotopic (exact) mass is 588 g/mol. The first-order valence-electron chi connectivity index (χ1n) is 15.5. The van der Waals surface area contributed by atoms with Crippen molar-refractivity contribution < 1.29 is 14.3 Å². The second-order valence-electron chi connectivity index (χ2n) is 13.7. The van der Waals surface area contributed by atoms with E-state index >= 15 is 0 Å². The van der Waals surface area contributed by atoms with Gasteiger partial charge < -0.3 is 14.5 Å². The van der Waals surface area contributed by atoms with Crippen LogP contribution >= 0.6 is 11.6 Å². The van der Waals surface area contributed by atoms with Gasteiger partial charge in [-0.1, -0.05) is 36.9 Å². The number of halogens is 1. The highest BCUT2D eigenvalue weighted by molar-refractivity contribution is 6.32. The van der Waals surface area contributed by atoms with Crippen LogP contribution in [-0.2, 0) is 14.9 Å². The van der Waals surface area contributed by atoms with Crippen LogP contribution in [0, 0.1) is 16.7 Å². The first-order valence-corrected chi connectivity index (χ1v) is 15.8. The van der Waals surface area contributed by atoms with Crippen LogP contribution in [0.4, 0.5) is 21.9 Å². The standard InChI is InChI=1S/C34H41ClN4O3/c1-32(2,3)42-31(41)38-20-16-33(17-21-38)14-18-37(19-15-33)24-10-11-29-26(22-24)34(12-5-4-6-13-34)30(40)39(29)28-9-7-8-27(35)25(28)23-36/h7-11,22H,4-6,12-21H2,1-3H3. The highest BCUT2D eigenvalue weighted by atomic mass is 35.5. The number of hydrogen-bond acceptors (Lipinski definition) is 5. The summed E-state index contributed by atoms with van der Waals surface area (Å²) in [6.07, 6.45) is 8.86. The topological polar surface area (TPSA) is 76.9 Å². The minimum absolute atomic E-state index is 0.0717. The first kappa shape index (κ1) is 28.9. The van der Waals surface area contributed by atoms with E-state index in [4.69, 9.17) is 16.3 Å². The van der Waals surface area contributed by atoms with Crippen molar-refractivity contribution in [3.8, 4) is 6.07 Å². The predicted octanol–water partition coefficient (Wildman–Crippen LogP) is 7.71. The number of nitriles is 1. The third kappa shape index (κ3) is 5.02. The summed E-state index contributed by atoms with van der Waals surface area (Å²) in [5.41, 5.74) is 3.30. The highest BCUT2D eigenvalue weighted by Crippen LogP contribution is 2.54. The minimum Gasteiger partial charge on any atom is -0.444 e. The van der Waals surface area contributed by atoms with Gasteiger partial charge in [-0.2, -0.15) is 5.26 Å². The molecule has 222 valence electrons. The Morgan fingerprint density at radius 2 is 1.60 bits per heavy atom. The first-order chi connectivity index (χ1) is 20.1. The molecule has 4 aliphatic rings. The van der Waals surface area contributed by atoms with Gasteiger partial charge in [-0.05, 0) is 101 Å². The molecule has 8 heteroatoms. The molecule has 7 nitrogen and oxygen atoms in total. The van der Waals surface area contributed by atoms with Crippen molar-refractivity contribution in [2.45, 2.75) is 89.6 Å². The maximum Gasteiger partial charge on any atom is 0.410 e. The van der Waals surface area contributed by atoms with Crippen molar-refractivity contribution in [3.63, 3.8) is 0 Å². The number of hydrogen-bond donors (Lipinski definition) is 0. The quantitative estimate of drug-likeness (QED) is 0.359. The molecule has 0 N–H and O–H groups in total. The zero-order valence-corrected chi connectivity index (χ0v) is 25.8. The van der Waals surface area contributed by atoms with Gasteiger partial charge >= 0.3 is 6.09 Å². The van der Waals surface area contributed by atoms with E-state index in [9.17, 15) is 14.9 Å². The molecule has 2 spiro atoms.